The Morgan fingerprint density at radius 3 is 2.74 bits per heavy atom. The van der Waals surface area contributed by atoms with Crippen LogP contribution in [0.1, 0.15) is 42.4 Å². The molecule has 7 nitrogen and oxygen atoms in total. The van der Waals surface area contributed by atoms with E-state index in [1.54, 1.807) is 13.1 Å². The summed E-state index contributed by atoms with van der Waals surface area (Å²) in [6.07, 6.45) is 4.41. The van der Waals surface area contributed by atoms with Gasteiger partial charge in [0.25, 0.3) is 5.91 Å². The van der Waals surface area contributed by atoms with Gasteiger partial charge in [0.2, 0.25) is 0 Å². The third-order valence-electron chi connectivity index (χ3n) is 5.18. The van der Waals surface area contributed by atoms with Gasteiger partial charge >= 0.3 is 5.97 Å². The van der Waals surface area contributed by atoms with E-state index in [2.05, 4.69) is 15.0 Å². The van der Waals surface area contributed by atoms with E-state index in [0.29, 0.717) is 16.7 Å². The number of aromatic amines is 1. The number of benzene rings is 1. The first-order chi connectivity index (χ1) is 14.7. The van der Waals surface area contributed by atoms with Crippen molar-refractivity contribution in [3.8, 4) is 0 Å². The van der Waals surface area contributed by atoms with Crippen molar-refractivity contribution in [2.45, 2.75) is 26.2 Å². The van der Waals surface area contributed by atoms with Crippen molar-refractivity contribution in [3.63, 3.8) is 0 Å². The Morgan fingerprint density at radius 2 is 2.03 bits per heavy atom. The maximum atomic E-state index is 13.7. The predicted molar refractivity (Wildman–Crippen MR) is 109 cm³/mol. The van der Waals surface area contributed by atoms with Gasteiger partial charge in [0, 0.05) is 29.3 Å². The molecule has 3 heterocycles. The fourth-order valence-electron chi connectivity index (χ4n) is 3.86. The van der Waals surface area contributed by atoms with Gasteiger partial charge in [0.05, 0.1) is 35.1 Å². The number of nitrogens with zero attached hydrogens (tertiary/aromatic N) is 3. The monoisotopic (exact) mass is 426 g/mol. The molecular formula is C22H20F2N4O3. The normalized spacial score (nSPS) is 15.3. The fraction of sp³-hybridized carbons (Fsp3) is 0.273. The molecule has 2 aromatic heterocycles. The summed E-state index contributed by atoms with van der Waals surface area (Å²) in [5, 5.41) is 0. The smallest absolute Gasteiger partial charge is 0.341 e. The third kappa shape index (κ3) is 3.56. The maximum absolute atomic E-state index is 13.7. The van der Waals surface area contributed by atoms with E-state index < -0.39 is 28.9 Å². The van der Waals surface area contributed by atoms with Gasteiger partial charge < -0.3 is 14.6 Å². The molecule has 0 spiro atoms. The van der Waals surface area contributed by atoms with E-state index in [9.17, 15) is 18.4 Å². The van der Waals surface area contributed by atoms with E-state index in [4.69, 9.17) is 4.74 Å². The lowest BCUT2D eigenvalue weighted by Gasteiger charge is -2.29. The topological polar surface area (TPSA) is 88.2 Å². The molecule has 0 atom stereocenters. The Labute approximate surface area is 176 Å². The van der Waals surface area contributed by atoms with E-state index >= 15 is 0 Å². The number of hydrogen-bond acceptors (Lipinski definition) is 5. The Balaban J connectivity index is 1.89. The number of carbonyl (C=O) groups excluding carboxylic acids is 2. The third-order valence-corrected chi connectivity index (χ3v) is 5.18. The van der Waals surface area contributed by atoms with Gasteiger partial charge in [0.15, 0.2) is 11.6 Å². The summed E-state index contributed by atoms with van der Waals surface area (Å²) < 4.78 is 32.3. The van der Waals surface area contributed by atoms with Crippen LogP contribution >= 0.6 is 0 Å². The summed E-state index contributed by atoms with van der Waals surface area (Å²) in [6, 6.07) is 2.95. The molecule has 0 radical (unpaired) electrons. The molecule has 3 aromatic rings. The molecule has 4 rings (SSSR count). The minimum absolute atomic E-state index is 0.0353. The second kappa shape index (κ2) is 7.57. The van der Waals surface area contributed by atoms with Gasteiger partial charge in [-0.3, -0.25) is 4.79 Å². The number of fused-ring (bicyclic) bond motifs is 3. The highest BCUT2D eigenvalue weighted by atomic mass is 19.2. The summed E-state index contributed by atoms with van der Waals surface area (Å²) in [4.78, 5) is 38.9. The quantitative estimate of drug-likeness (QED) is 0.647. The van der Waals surface area contributed by atoms with Crippen LogP contribution in [0, 0.1) is 11.6 Å². The molecule has 31 heavy (non-hydrogen) atoms. The van der Waals surface area contributed by atoms with E-state index in [0.717, 1.165) is 17.7 Å². The van der Waals surface area contributed by atoms with Crippen molar-refractivity contribution >= 4 is 28.5 Å². The number of H-pyrrole nitrogens is 1. The van der Waals surface area contributed by atoms with Crippen LogP contribution in [-0.2, 0) is 14.9 Å². The lowest BCUT2D eigenvalue weighted by atomic mass is 9.83. The Bertz CT molecular complexity index is 1230. The molecule has 1 aromatic carbocycles. The molecule has 0 saturated carbocycles. The average molecular weight is 426 g/mol. The van der Waals surface area contributed by atoms with Crippen molar-refractivity contribution in [2.75, 3.05) is 13.2 Å². The Kier molecular flexibility index (Phi) is 5.04. The molecule has 0 saturated heterocycles. The molecule has 1 N–H and O–H groups in total. The van der Waals surface area contributed by atoms with Crippen molar-refractivity contribution in [2.24, 2.45) is 0 Å². The summed E-state index contributed by atoms with van der Waals surface area (Å²) >= 11 is 0. The van der Waals surface area contributed by atoms with Crippen molar-refractivity contribution in [1.82, 2.24) is 19.9 Å². The van der Waals surface area contributed by atoms with Crippen LogP contribution in [0.2, 0.25) is 0 Å². The lowest BCUT2D eigenvalue weighted by molar-refractivity contribution is -0.136. The molecule has 0 bridgehead atoms. The Morgan fingerprint density at radius 1 is 1.26 bits per heavy atom. The summed E-state index contributed by atoms with van der Waals surface area (Å²) in [5.41, 5.74) is 1.96. The first-order valence-electron chi connectivity index (χ1n) is 9.70. The van der Waals surface area contributed by atoms with Crippen LogP contribution < -0.4 is 0 Å². The van der Waals surface area contributed by atoms with Crippen LogP contribution in [0.25, 0.3) is 16.6 Å². The molecule has 1 amide bonds. The van der Waals surface area contributed by atoms with Crippen LogP contribution in [0.15, 0.2) is 36.9 Å². The van der Waals surface area contributed by atoms with Crippen molar-refractivity contribution < 1.29 is 23.1 Å². The number of aromatic nitrogens is 3. The summed E-state index contributed by atoms with van der Waals surface area (Å²) in [7, 11) is 0. The van der Waals surface area contributed by atoms with Gasteiger partial charge in [-0.15, -0.1) is 0 Å². The summed E-state index contributed by atoms with van der Waals surface area (Å²) in [5.74, 6) is -3.36. The number of halogens is 2. The number of nitrogens with one attached hydrogen (secondary N) is 1. The average Bonchev–Trinajstić information content (AvgIpc) is 3.07. The van der Waals surface area contributed by atoms with Crippen molar-refractivity contribution in [1.29, 1.82) is 0 Å². The van der Waals surface area contributed by atoms with Crippen LogP contribution in [0.5, 0.6) is 0 Å². The number of rotatable bonds is 3. The number of esters is 1. The Hall–Kier alpha value is -3.62. The SMILES string of the molecule is CCOC(=O)C1=CN(C(=O)c2ccc(F)c(F)c2)CC(C)(C)c2c1[nH]c1cncnc21. The molecule has 9 heteroatoms. The van der Waals surface area contributed by atoms with Gasteiger partial charge in [0.1, 0.15) is 6.33 Å². The predicted octanol–water partition coefficient (Wildman–Crippen LogP) is 3.57. The van der Waals surface area contributed by atoms with Gasteiger partial charge in [-0.05, 0) is 25.1 Å². The molecule has 0 fully saturated rings. The molecular weight excluding hydrogens is 406 g/mol. The van der Waals surface area contributed by atoms with E-state index in [-0.39, 0.29) is 24.3 Å². The number of carbonyl (C=O) groups is 2. The van der Waals surface area contributed by atoms with Crippen LogP contribution in [0.3, 0.4) is 0 Å². The van der Waals surface area contributed by atoms with Crippen LogP contribution in [0.4, 0.5) is 8.78 Å². The maximum Gasteiger partial charge on any atom is 0.341 e. The van der Waals surface area contributed by atoms with E-state index in [1.807, 2.05) is 13.8 Å². The molecule has 1 aliphatic rings. The second-order valence-electron chi connectivity index (χ2n) is 7.87. The lowest BCUT2D eigenvalue weighted by Crippen LogP contribution is -2.37. The summed E-state index contributed by atoms with van der Waals surface area (Å²) in [6.45, 7) is 5.81. The van der Waals surface area contributed by atoms with Crippen LogP contribution in [-0.4, -0.2) is 44.9 Å². The highest BCUT2D eigenvalue weighted by Gasteiger charge is 2.38. The van der Waals surface area contributed by atoms with Crippen molar-refractivity contribution in [3.05, 3.63) is 65.4 Å². The number of amides is 1. The molecule has 0 aliphatic carbocycles. The highest BCUT2D eigenvalue weighted by molar-refractivity contribution is 6.18. The zero-order valence-electron chi connectivity index (χ0n) is 17.2. The molecule has 160 valence electrons. The van der Waals surface area contributed by atoms with Gasteiger partial charge in [-0.25, -0.2) is 23.5 Å². The minimum atomic E-state index is -1.12. The van der Waals surface area contributed by atoms with Gasteiger partial charge in [-0.2, -0.15) is 0 Å². The van der Waals surface area contributed by atoms with Gasteiger partial charge in [-0.1, -0.05) is 13.8 Å². The largest absolute Gasteiger partial charge is 0.462 e. The molecule has 1 aliphatic heterocycles. The molecule has 0 unspecified atom stereocenters. The zero-order valence-corrected chi connectivity index (χ0v) is 17.2. The zero-order chi connectivity index (χ0) is 22.3. The highest BCUT2D eigenvalue weighted by Crippen LogP contribution is 2.39. The first kappa shape index (κ1) is 20.6. The van der Waals surface area contributed by atoms with E-state index in [1.165, 1.54) is 23.5 Å². The standard InChI is InChI=1S/C22H20F2N4O3/c1-4-31-21(30)13-9-28(20(29)12-5-6-14(23)15(24)7-12)10-22(2,3)17-18(13)27-16-8-25-11-26-19(16)17/h5-9,11,27H,4,10H2,1-3H3. The number of ether oxygens (including phenoxy) is 1. The second-order valence-corrected chi connectivity index (χ2v) is 7.87. The minimum Gasteiger partial charge on any atom is -0.462 e. The number of hydrogen-bond donors (Lipinski definition) is 1. The fourth-order valence-corrected chi connectivity index (χ4v) is 3.86. The first-order valence-corrected chi connectivity index (χ1v) is 9.70.